The topological polar surface area (TPSA) is 37.8 Å². The fourth-order valence-electron chi connectivity index (χ4n) is 2.54. The average molecular weight is 303 g/mol. The van der Waals surface area contributed by atoms with Crippen LogP contribution in [-0.4, -0.2) is 9.97 Å². The van der Waals surface area contributed by atoms with Crippen molar-refractivity contribution < 1.29 is 0 Å². The van der Waals surface area contributed by atoms with Gasteiger partial charge in [-0.15, -0.1) is 0 Å². The van der Waals surface area contributed by atoms with Crippen LogP contribution in [0.5, 0.6) is 0 Å². The molecule has 0 amide bonds. The van der Waals surface area contributed by atoms with E-state index in [1.807, 2.05) is 30.7 Å². The highest BCUT2D eigenvalue weighted by Gasteiger charge is 2.06. The summed E-state index contributed by atoms with van der Waals surface area (Å²) < 4.78 is 0. The molecule has 2 heterocycles. The molecule has 3 heteroatoms. The van der Waals surface area contributed by atoms with E-state index in [1.165, 1.54) is 11.1 Å². The summed E-state index contributed by atoms with van der Waals surface area (Å²) in [6, 6.07) is 16.9. The first-order chi connectivity index (χ1) is 11.3. The fourth-order valence-corrected chi connectivity index (χ4v) is 2.54. The van der Waals surface area contributed by atoms with E-state index in [4.69, 9.17) is 0 Å². The van der Waals surface area contributed by atoms with Gasteiger partial charge in [-0.3, -0.25) is 4.98 Å². The van der Waals surface area contributed by atoms with Crippen molar-refractivity contribution in [3.05, 3.63) is 78.2 Å². The van der Waals surface area contributed by atoms with Crippen LogP contribution in [0.2, 0.25) is 0 Å². The molecule has 0 aliphatic carbocycles. The van der Waals surface area contributed by atoms with Crippen molar-refractivity contribution in [2.24, 2.45) is 0 Å². The highest BCUT2D eigenvalue weighted by molar-refractivity contribution is 5.63. The molecule has 1 aromatic carbocycles. The molecule has 0 radical (unpaired) electrons. The molecule has 3 rings (SSSR count). The zero-order chi connectivity index (χ0) is 16.1. The maximum Gasteiger partial charge on any atom is 0.126 e. The molecule has 116 valence electrons. The monoisotopic (exact) mass is 303 g/mol. The number of benzene rings is 1. The standard InChI is InChI=1S/C20H21N3/c1-3-16-11-19(13-21-12-16)18-9-10-20(22-14-18)23-15(2)17-7-5-4-6-8-17/h4-15H,3H2,1-2H3,(H,22,23)/t15-/m1/s1. The molecule has 0 aliphatic heterocycles. The lowest BCUT2D eigenvalue weighted by Crippen LogP contribution is -2.07. The van der Waals surface area contributed by atoms with E-state index in [0.29, 0.717) is 0 Å². The van der Waals surface area contributed by atoms with Gasteiger partial charge in [0, 0.05) is 35.8 Å². The van der Waals surface area contributed by atoms with Crippen molar-refractivity contribution in [2.75, 3.05) is 5.32 Å². The molecule has 1 N–H and O–H groups in total. The predicted molar refractivity (Wildman–Crippen MR) is 95.3 cm³/mol. The van der Waals surface area contributed by atoms with Gasteiger partial charge in [-0.1, -0.05) is 37.3 Å². The highest BCUT2D eigenvalue weighted by atomic mass is 15.0. The average Bonchev–Trinajstić information content (AvgIpc) is 2.63. The van der Waals surface area contributed by atoms with Gasteiger partial charge in [0.25, 0.3) is 0 Å². The van der Waals surface area contributed by atoms with Gasteiger partial charge in [0.1, 0.15) is 5.82 Å². The van der Waals surface area contributed by atoms with E-state index in [9.17, 15) is 0 Å². The number of anilines is 1. The Hall–Kier alpha value is -2.68. The lowest BCUT2D eigenvalue weighted by molar-refractivity contribution is 0.875. The minimum absolute atomic E-state index is 0.222. The number of hydrogen-bond donors (Lipinski definition) is 1. The summed E-state index contributed by atoms with van der Waals surface area (Å²) in [7, 11) is 0. The summed E-state index contributed by atoms with van der Waals surface area (Å²) in [4.78, 5) is 8.84. The van der Waals surface area contributed by atoms with Crippen molar-refractivity contribution in [1.82, 2.24) is 9.97 Å². The summed E-state index contributed by atoms with van der Waals surface area (Å²) in [5, 5.41) is 3.43. The molecule has 0 aliphatic rings. The third-order valence-corrected chi connectivity index (χ3v) is 3.96. The third-order valence-electron chi connectivity index (χ3n) is 3.96. The maximum atomic E-state index is 4.54. The summed E-state index contributed by atoms with van der Waals surface area (Å²) in [5.41, 5.74) is 4.69. The van der Waals surface area contributed by atoms with E-state index in [0.717, 1.165) is 23.4 Å². The molecular weight excluding hydrogens is 282 g/mol. The second kappa shape index (κ2) is 7.05. The number of nitrogens with zero attached hydrogens (tertiary/aromatic N) is 2. The lowest BCUT2D eigenvalue weighted by Gasteiger charge is -2.15. The second-order valence-electron chi connectivity index (χ2n) is 5.64. The van der Waals surface area contributed by atoms with Crippen LogP contribution in [0.3, 0.4) is 0 Å². The number of nitrogens with one attached hydrogen (secondary N) is 1. The molecule has 3 aromatic rings. The number of rotatable bonds is 5. The van der Waals surface area contributed by atoms with Gasteiger partial charge in [0.05, 0.1) is 0 Å². The van der Waals surface area contributed by atoms with E-state index in [2.05, 4.69) is 65.5 Å². The molecule has 23 heavy (non-hydrogen) atoms. The van der Waals surface area contributed by atoms with E-state index >= 15 is 0 Å². The van der Waals surface area contributed by atoms with Crippen LogP contribution in [-0.2, 0) is 6.42 Å². The van der Waals surface area contributed by atoms with Crippen LogP contribution >= 0.6 is 0 Å². The molecule has 2 aromatic heterocycles. The minimum Gasteiger partial charge on any atom is -0.364 e. The quantitative estimate of drug-likeness (QED) is 0.730. The van der Waals surface area contributed by atoms with Crippen molar-refractivity contribution in [3.8, 4) is 11.1 Å². The van der Waals surface area contributed by atoms with Gasteiger partial charge in [0.15, 0.2) is 0 Å². The molecular formula is C20H21N3. The number of hydrogen-bond acceptors (Lipinski definition) is 3. The van der Waals surface area contributed by atoms with Crippen molar-refractivity contribution in [2.45, 2.75) is 26.3 Å². The summed E-state index contributed by atoms with van der Waals surface area (Å²) >= 11 is 0. The number of pyridine rings is 2. The predicted octanol–water partition coefficient (Wildman–Crippen LogP) is 4.88. The van der Waals surface area contributed by atoms with Gasteiger partial charge in [-0.2, -0.15) is 0 Å². The first kappa shape index (κ1) is 15.2. The van der Waals surface area contributed by atoms with E-state index in [-0.39, 0.29) is 6.04 Å². The Balaban J connectivity index is 1.74. The molecule has 1 atom stereocenters. The Bertz CT molecular complexity index is 751. The zero-order valence-corrected chi connectivity index (χ0v) is 13.5. The normalized spacial score (nSPS) is 11.9. The zero-order valence-electron chi connectivity index (χ0n) is 13.5. The van der Waals surface area contributed by atoms with Crippen molar-refractivity contribution in [1.29, 1.82) is 0 Å². The minimum atomic E-state index is 0.222. The molecule has 3 nitrogen and oxygen atoms in total. The first-order valence-corrected chi connectivity index (χ1v) is 7.98. The van der Waals surface area contributed by atoms with Crippen LogP contribution in [0.15, 0.2) is 67.1 Å². The molecule has 0 saturated heterocycles. The SMILES string of the molecule is CCc1cncc(-c2ccc(N[C@H](C)c3ccccc3)nc2)c1. The Morgan fingerprint density at radius 2 is 1.78 bits per heavy atom. The van der Waals surface area contributed by atoms with E-state index < -0.39 is 0 Å². The van der Waals surface area contributed by atoms with Gasteiger partial charge in [0.2, 0.25) is 0 Å². The fraction of sp³-hybridized carbons (Fsp3) is 0.200. The van der Waals surface area contributed by atoms with Crippen LogP contribution in [0.25, 0.3) is 11.1 Å². The maximum absolute atomic E-state index is 4.54. The highest BCUT2D eigenvalue weighted by Crippen LogP contribution is 2.22. The lowest BCUT2D eigenvalue weighted by atomic mass is 10.1. The second-order valence-corrected chi connectivity index (χ2v) is 5.64. The molecule has 0 saturated carbocycles. The molecule has 0 fully saturated rings. The van der Waals surface area contributed by atoms with Crippen LogP contribution in [0.4, 0.5) is 5.82 Å². The van der Waals surface area contributed by atoms with Crippen molar-refractivity contribution in [3.63, 3.8) is 0 Å². The first-order valence-electron chi connectivity index (χ1n) is 7.98. The Kier molecular flexibility index (Phi) is 4.67. The van der Waals surface area contributed by atoms with Gasteiger partial charge < -0.3 is 5.32 Å². The summed E-state index contributed by atoms with van der Waals surface area (Å²) in [6.07, 6.45) is 6.68. The van der Waals surface area contributed by atoms with Gasteiger partial charge >= 0.3 is 0 Å². The largest absolute Gasteiger partial charge is 0.364 e. The van der Waals surface area contributed by atoms with Crippen molar-refractivity contribution >= 4 is 5.82 Å². The van der Waals surface area contributed by atoms with E-state index in [1.54, 1.807) is 0 Å². The Labute approximate surface area is 137 Å². The molecule has 0 spiro atoms. The summed E-state index contributed by atoms with van der Waals surface area (Å²) in [6.45, 7) is 4.27. The Morgan fingerprint density at radius 1 is 0.957 bits per heavy atom. The third kappa shape index (κ3) is 3.75. The molecule has 0 unspecified atom stereocenters. The van der Waals surface area contributed by atoms with Crippen LogP contribution < -0.4 is 5.32 Å². The van der Waals surface area contributed by atoms with Gasteiger partial charge in [-0.25, -0.2) is 4.98 Å². The smallest absolute Gasteiger partial charge is 0.126 e. The number of aryl methyl sites for hydroxylation is 1. The Morgan fingerprint density at radius 3 is 2.48 bits per heavy atom. The summed E-state index contributed by atoms with van der Waals surface area (Å²) in [5.74, 6) is 0.879. The van der Waals surface area contributed by atoms with Crippen LogP contribution in [0.1, 0.15) is 31.0 Å². The number of aromatic nitrogens is 2. The molecule has 0 bridgehead atoms. The van der Waals surface area contributed by atoms with Gasteiger partial charge in [-0.05, 0) is 42.7 Å². The van der Waals surface area contributed by atoms with Crippen LogP contribution in [0, 0.1) is 0 Å².